The fourth-order valence-electron chi connectivity index (χ4n) is 1.79. The van der Waals surface area contributed by atoms with Crippen LogP contribution >= 0.6 is 23.2 Å². The highest BCUT2D eigenvalue weighted by atomic mass is 35.5. The van der Waals surface area contributed by atoms with E-state index in [2.05, 4.69) is 0 Å². The molecule has 94 valence electrons. The number of hydrogen-bond acceptors (Lipinski definition) is 1. The van der Waals surface area contributed by atoms with Gasteiger partial charge < -0.3 is 5.73 Å². The molecular formula is C14H12Cl2FN. The molecule has 0 fully saturated rings. The molecule has 2 aromatic carbocycles. The van der Waals surface area contributed by atoms with E-state index >= 15 is 0 Å². The van der Waals surface area contributed by atoms with Gasteiger partial charge in [-0.25, -0.2) is 4.39 Å². The third kappa shape index (κ3) is 3.22. The molecular weight excluding hydrogens is 272 g/mol. The first-order valence-electron chi connectivity index (χ1n) is 5.51. The van der Waals surface area contributed by atoms with Gasteiger partial charge in [0.1, 0.15) is 5.82 Å². The van der Waals surface area contributed by atoms with E-state index in [1.165, 1.54) is 12.1 Å². The Hall–Kier alpha value is -1.09. The molecule has 0 saturated heterocycles. The van der Waals surface area contributed by atoms with E-state index in [4.69, 9.17) is 28.9 Å². The quantitative estimate of drug-likeness (QED) is 0.889. The first-order chi connectivity index (χ1) is 8.56. The zero-order valence-electron chi connectivity index (χ0n) is 9.54. The first-order valence-corrected chi connectivity index (χ1v) is 6.27. The van der Waals surface area contributed by atoms with E-state index in [1.807, 2.05) is 0 Å². The van der Waals surface area contributed by atoms with Gasteiger partial charge in [0.2, 0.25) is 0 Å². The van der Waals surface area contributed by atoms with E-state index in [1.54, 1.807) is 30.3 Å². The van der Waals surface area contributed by atoms with E-state index in [0.717, 1.165) is 11.1 Å². The fourth-order valence-corrected chi connectivity index (χ4v) is 2.18. The minimum absolute atomic E-state index is 0.292. The topological polar surface area (TPSA) is 26.0 Å². The van der Waals surface area contributed by atoms with Crippen LogP contribution in [0.4, 0.5) is 4.39 Å². The molecule has 0 radical (unpaired) electrons. The van der Waals surface area contributed by atoms with Crippen LogP contribution in [0.25, 0.3) is 0 Å². The summed E-state index contributed by atoms with van der Waals surface area (Å²) >= 11 is 12.0. The second-order valence-corrected chi connectivity index (χ2v) is 4.94. The summed E-state index contributed by atoms with van der Waals surface area (Å²) in [7, 11) is 0. The van der Waals surface area contributed by atoms with Crippen molar-refractivity contribution in [3.05, 3.63) is 69.5 Å². The predicted octanol–water partition coefficient (Wildman–Crippen LogP) is 4.38. The maximum absolute atomic E-state index is 13.1. The van der Waals surface area contributed by atoms with Crippen LogP contribution in [-0.2, 0) is 6.42 Å². The zero-order chi connectivity index (χ0) is 13.1. The van der Waals surface area contributed by atoms with Crippen LogP contribution in [0, 0.1) is 5.82 Å². The highest BCUT2D eigenvalue weighted by Gasteiger charge is 2.10. The Morgan fingerprint density at radius 3 is 2.61 bits per heavy atom. The van der Waals surface area contributed by atoms with Gasteiger partial charge in [0.15, 0.2) is 0 Å². The minimum atomic E-state index is -0.309. The molecule has 0 heterocycles. The molecule has 18 heavy (non-hydrogen) atoms. The molecule has 4 heteroatoms. The van der Waals surface area contributed by atoms with Crippen molar-refractivity contribution in [2.75, 3.05) is 0 Å². The van der Waals surface area contributed by atoms with Crippen LogP contribution in [0.15, 0.2) is 42.5 Å². The molecule has 0 aliphatic rings. The van der Waals surface area contributed by atoms with E-state index in [0.29, 0.717) is 16.5 Å². The maximum Gasteiger partial charge on any atom is 0.123 e. The Labute approximate surface area is 115 Å². The van der Waals surface area contributed by atoms with Crippen LogP contribution in [-0.4, -0.2) is 0 Å². The van der Waals surface area contributed by atoms with Gasteiger partial charge in [0, 0.05) is 16.1 Å². The normalized spacial score (nSPS) is 12.4. The van der Waals surface area contributed by atoms with Crippen molar-refractivity contribution in [2.45, 2.75) is 12.5 Å². The van der Waals surface area contributed by atoms with Crippen LogP contribution in [0.2, 0.25) is 10.0 Å². The van der Waals surface area contributed by atoms with Crippen molar-refractivity contribution in [1.29, 1.82) is 0 Å². The van der Waals surface area contributed by atoms with Gasteiger partial charge in [-0.15, -0.1) is 0 Å². The number of halogens is 3. The molecule has 2 N–H and O–H groups in total. The van der Waals surface area contributed by atoms with Crippen LogP contribution in [0.3, 0.4) is 0 Å². The number of hydrogen-bond donors (Lipinski definition) is 1. The van der Waals surface area contributed by atoms with Crippen LogP contribution in [0.5, 0.6) is 0 Å². The third-order valence-electron chi connectivity index (χ3n) is 2.72. The standard InChI is InChI=1S/C14H12Cl2FN/c15-11-4-5-13(16)10(6-11)8-14(18)9-2-1-3-12(17)7-9/h1-7,14H,8,18H2. The molecule has 1 nitrogen and oxygen atoms in total. The van der Waals surface area contributed by atoms with Crippen molar-refractivity contribution < 1.29 is 4.39 Å². The Bertz CT molecular complexity index is 557. The number of nitrogens with two attached hydrogens (primary N) is 1. The lowest BCUT2D eigenvalue weighted by molar-refractivity contribution is 0.618. The first kappa shape index (κ1) is 13.3. The summed E-state index contributed by atoms with van der Waals surface area (Å²) in [4.78, 5) is 0. The van der Waals surface area contributed by atoms with Crippen molar-refractivity contribution in [3.8, 4) is 0 Å². The molecule has 1 unspecified atom stereocenters. The highest BCUT2D eigenvalue weighted by Crippen LogP contribution is 2.25. The summed E-state index contributed by atoms with van der Waals surface area (Å²) in [5.74, 6) is -0.292. The molecule has 1 atom stereocenters. The lowest BCUT2D eigenvalue weighted by Gasteiger charge is -2.13. The Morgan fingerprint density at radius 2 is 1.89 bits per heavy atom. The zero-order valence-corrected chi connectivity index (χ0v) is 11.0. The Balaban J connectivity index is 2.21. The highest BCUT2D eigenvalue weighted by molar-refractivity contribution is 6.33. The average Bonchev–Trinajstić information content (AvgIpc) is 2.34. The van der Waals surface area contributed by atoms with Gasteiger partial charge in [-0.2, -0.15) is 0 Å². The molecule has 0 aromatic heterocycles. The number of rotatable bonds is 3. The van der Waals surface area contributed by atoms with Crippen molar-refractivity contribution >= 4 is 23.2 Å². The van der Waals surface area contributed by atoms with Crippen molar-refractivity contribution in [1.82, 2.24) is 0 Å². The number of benzene rings is 2. The van der Waals surface area contributed by atoms with Gasteiger partial charge in [0.05, 0.1) is 0 Å². The molecule has 0 amide bonds. The lowest BCUT2D eigenvalue weighted by atomic mass is 9.99. The lowest BCUT2D eigenvalue weighted by Crippen LogP contribution is -2.13. The van der Waals surface area contributed by atoms with Gasteiger partial charge in [0.25, 0.3) is 0 Å². The predicted molar refractivity (Wildman–Crippen MR) is 73.5 cm³/mol. The molecule has 2 aromatic rings. The van der Waals surface area contributed by atoms with Crippen LogP contribution < -0.4 is 5.73 Å². The van der Waals surface area contributed by atoms with Gasteiger partial charge >= 0.3 is 0 Å². The maximum atomic E-state index is 13.1. The van der Waals surface area contributed by atoms with Crippen molar-refractivity contribution in [2.24, 2.45) is 5.73 Å². The molecule has 0 bridgehead atoms. The van der Waals surface area contributed by atoms with Crippen molar-refractivity contribution in [3.63, 3.8) is 0 Å². The van der Waals surface area contributed by atoms with Gasteiger partial charge in [-0.05, 0) is 47.9 Å². The molecule has 0 saturated carbocycles. The summed E-state index contributed by atoms with van der Waals surface area (Å²) in [5, 5.41) is 1.23. The third-order valence-corrected chi connectivity index (χ3v) is 3.33. The molecule has 0 spiro atoms. The fraction of sp³-hybridized carbons (Fsp3) is 0.143. The summed E-state index contributed by atoms with van der Waals surface area (Å²) in [6.45, 7) is 0. The van der Waals surface area contributed by atoms with E-state index in [-0.39, 0.29) is 11.9 Å². The summed E-state index contributed by atoms with van der Waals surface area (Å²) in [5.41, 5.74) is 7.65. The van der Waals surface area contributed by atoms with Gasteiger partial charge in [-0.3, -0.25) is 0 Å². The average molecular weight is 284 g/mol. The smallest absolute Gasteiger partial charge is 0.123 e. The Morgan fingerprint density at radius 1 is 1.11 bits per heavy atom. The Kier molecular flexibility index (Phi) is 4.23. The molecule has 2 rings (SSSR count). The van der Waals surface area contributed by atoms with E-state index < -0.39 is 0 Å². The summed E-state index contributed by atoms with van der Waals surface area (Å²) in [6, 6.07) is 11.2. The SMILES string of the molecule is NC(Cc1cc(Cl)ccc1Cl)c1cccc(F)c1. The minimum Gasteiger partial charge on any atom is -0.324 e. The summed E-state index contributed by atoms with van der Waals surface area (Å²) < 4.78 is 13.1. The van der Waals surface area contributed by atoms with Gasteiger partial charge in [-0.1, -0.05) is 35.3 Å². The monoisotopic (exact) mass is 283 g/mol. The molecule has 0 aliphatic heterocycles. The second-order valence-electron chi connectivity index (χ2n) is 4.10. The molecule has 0 aliphatic carbocycles. The van der Waals surface area contributed by atoms with E-state index in [9.17, 15) is 4.39 Å². The van der Waals surface area contributed by atoms with Crippen LogP contribution in [0.1, 0.15) is 17.2 Å². The summed E-state index contributed by atoms with van der Waals surface area (Å²) in [6.07, 6.45) is 0.517. The largest absolute Gasteiger partial charge is 0.324 e. The second kappa shape index (κ2) is 5.70.